The summed E-state index contributed by atoms with van der Waals surface area (Å²) in [6.07, 6.45) is 2.17. The second-order valence-corrected chi connectivity index (χ2v) is 9.57. The number of hydrogen-bond donors (Lipinski definition) is 1. The molecule has 4 heterocycles. The van der Waals surface area contributed by atoms with Crippen LogP contribution in [0.15, 0.2) is 30.5 Å². The van der Waals surface area contributed by atoms with Gasteiger partial charge in [0.05, 0.1) is 55.7 Å². The molecule has 1 saturated heterocycles. The van der Waals surface area contributed by atoms with Gasteiger partial charge in [0.25, 0.3) is 5.91 Å². The molecule has 3 aromatic rings. The van der Waals surface area contributed by atoms with Crippen molar-refractivity contribution < 1.29 is 19.1 Å². The fourth-order valence-corrected chi connectivity index (χ4v) is 5.21. The molecule has 2 aromatic heterocycles. The van der Waals surface area contributed by atoms with Crippen molar-refractivity contribution in [2.24, 2.45) is 5.92 Å². The molecular formula is C25H23N5O4S. The number of rotatable bonds is 5. The van der Waals surface area contributed by atoms with Crippen molar-refractivity contribution in [3.63, 3.8) is 0 Å². The van der Waals surface area contributed by atoms with Gasteiger partial charge in [0.2, 0.25) is 5.91 Å². The number of methoxy groups -OCH3 is 1. The number of nitrogens with one attached hydrogen (secondary N) is 1. The number of nitrogens with zero attached hydrogens (tertiary/aromatic N) is 4. The van der Waals surface area contributed by atoms with Gasteiger partial charge in [0.1, 0.15) is 5.75 Å². The first-order valence-electron chi connectivity index (χ1n) is 11.2. The Hall–Kier alpha value is -3.81. The van der Waals surface area contributed by atoms with Gasteiger partial charge in [-0.2, -0.15) is 5.26 Å². The molecule has 2 amide bonds. The first kappa shape index (κ1) is 23.0. The van der Waals surface area contributed by atoms with Crippen LogP contribution in [0.25, 0.3) is 11.1 Å². The number of carbonyl (C=O) groups excluding carboxylic acids is 2. The van der Waals surface area contributed by atoms with Gasteiger partial charge >= 0.3 is 0 Å². The first-order chi connectivity index (χ1) is 17.0. The van der Waals surface area contributed by atoms with E-state index < -0.39 is 0 Å². The third kappa shape index (κ3) is 4.48. The van der Waals surface area contributed by atoms with Crippen LogP contribution < -0.4 is 10.1 Å². The molecule has 1 aromatic carbocycles. The number of ether oxygens (including phenoxy) is 2. The second kappa shape index (κ2) is 9.44. The average Bonchev–Trinajstić information content (AvgIpc) is 3.23. The molecule has 2 aliphatic heterocycles. The number of aromatic nitrogens is 2. The molecule has 0 radical (unpaired) electrons. The van der Waals surface area contributed by atoms with Crippen molar-refractivity contribution in [2.75, 3.05) is 32.2 Å². The van der Waals surface area contributed by atoms with Crippen LogP contribution >= 0.6 is 11.3 Å². The van der Waals surface area contributed by atoms with E-state index in [-0.39, 0.29) is 17.7 Å². The van der Waals surface area contributed by atoms with Crippen LogP contribution in [-0.4, -0.2) is 53.6 Å². The second-order valence-electron chi connectivity index (χ2n) is 8.49. The number of aryl methyl sites for hydroxylation is 1. The van der Waals surface area contributed by atoms with Crippen molar-refractivity contribution in [1.29, 1.82) is 5.26 Å². The van der Waals surface area contributed by atoms with E-state index in [0.717, 1.165) is 16.3 Å². The topological polar surface area (TPSA) is 117 Å². The van der Waals surface area contributed by atoms with Crippen LogP contribution in [0.4, 0.5) is 5.13 Å². The quantitative estimate of drug-likeness (QED) is 0.585. The molecule has 9 nitrogen and oxygen atoms in total. The number of nitriles is 1. The highest BCUT2D eigenvalue weighted by atomic mass is 32.1. The standard InChI is InChI=1S/C25H23N5O4S/c1-14-7-17(18-8-15(9-26)3-4-21(18)33-2)19(10-27-14)23(31)29-25-28-20-5-6-30(11-22(20)35-25)24(32)16-12-34-13-16/h3-4,7-8,10,16H,5-6,11-13H2,1-2H3,(H,28,29,31). The minimum absolute atomic E-state index is 0.0485. The Morgan fingerprint density at radius 1 is 1.29 bits per heavy atom. The zero-order valence-corrected chi connectivity index (χ0v) is 20.1. The summed E-state index contributed by atoms with van der Waals surface area (Å²) >= 11 is 1.38. The first-order valence-corrected chi connectivity index (χ1v) is 12.0. The van der Waals surface area contributed by atoms with Crippen molar-refractivity contribution in [3.8, 4) is 22.9 Å². The Balaban J connectivity index is 1.40. The van der Waals surface area contributed by atoms with E-state index in [9.17, 15) is 14.9 Å². The van der Waals surface area contributed by atoms with Gasteiger partial charge in [-0.05, 0) is 31.2 Å². The third-order valence-corrected chi connectivity index (χ3v) is 7.15. The molecule has 1 N–H and O–H groups in total. The summed E-state index contributed by atoms with van der Waals surface area (Å²) in [5.41, 5.74) is 3.69. The van der Waals surface area contributed by atoms with Crippen molar-refractivity contribution in [1.82, 2.24) is 14.9 Å². The van der Waals surface area contributed by atoms with Gasteiger partial charge in [0, 0.05) is 40.9 Å². The Bertz CT molecular complexity index is 1360. The number of amides is 2. The Kier molecular flexibility index (Phi) is 6.19. The molecule has 0 bridgehead atoms. The normalized spacial score (nSPS) is 15.1. The number of pyridine rings is 1. The summed E-state index contributed by atoms with van der Waals surface area (Å²) in [6.45, 7) is 3.92. The van der Waals surface area contributed by atoms with Crippen LogP contribution in [0.1, 0.15) is 32.2 Å². The maximum absolute atomic E-state index is 13.3. The maximum Gasteiger partial charge on any atom is 0.259 e. The Morgan fingerprint density at radius 2 is 2.11 bits per heavy atom. The lowest BCUT2D eigenvalue weighted by Gasteiger charge is -2.33. The zero-order valence-electron chi connectivity index (χ0n) is 19.3. The van der Waals surface area contributed by atoms with Crippen LogP contribution in [-0.2, 0) is 22.5 Å². The molecule has 2 aliphatic rings. The third-order valence-electron chi connectivity index (χ3n) is 6.15. The molecule has 0 aliphatic carbocycles. The summed E-state index contributed by atoms with van der Waals surface area (Å²) < 4.78 is 10.6. The Labute approximate surface area is 206 Å². The van der Waals surface area contributed by atoms with E-state index in [1.807, 2.05) is 11.8 Å². The molecule has 35 heavy (non-hydrogen) atoms. The summed E-state index contributed by atoms with van der Waals surface area (Å²) in [5.74, 6) is 0.259. The van der Waals surface area contributed by atoms with Crippen molar-refractivity contribution >= 4 is 28.3 Å². The molecule has 0 atom stereocenters. The minimum atomic E-state index is -0.359. The highest BCUT2D eigenvalue weighted by Gasteiger charge is 2.33. The molecule has 0 unspecified atom stereocenters. The van der Waals surface area contributed by atoms with Gasteiger partial charge in [0.15, 0.2) is 5.13 Å². The fraction of sp³-hybridized carbons (Fsp3) is 0.320. The van der Waals surface area contributed by atoms with Crippen LogP contribution in [0, 0.1) is 24.2 Å². The van der Waals surface area contributed by atoms with Crippen molar-refractivity contribution in [3.05, 3.63) is 57.9 Å². The van der Waals surface area contributed by atoms with E-state index in [1.54, 1.807) is 31.4 Å². The fourth-order valence-electron chi connectivity index (χ4n) is 4.19. The molecule has 0 spiro atoms. The Morgan fingerprint density at radius 3 is 2.83 bits per heavy atom. The van der Waals surface area contributed by atoms with E-state index in [4.69, 9.17) is 9.47 Å². The molecule has 0 saturated carbocycles. The van der Waals surface area contributed by atoms with E-state index >= 15 is 0 Å². The van der Waals surface area contributed by atoms with Gasteiger partial charge in [-0.25, -0.2) is 4.98 Å². The highest BCUT2D eigenvalue weighted by Crippen LogP contribution is 2.35. The van der Waals surface area contributed by atoms with Gasteiger partial charge in [-0.1, -0.05) is 11.3 Å². The average molecular weight is 490 g/mol. The van der Waals surface area contributed by atoms with E-state index in [1.165, 1.54) is 17.5 Å². The monoisotopic (exact) mass is 489 g/mol. The SMILES string of the molecule is COc1ccc(C#N)cc1-c1cc(C)ncc1C(=O)Nc1nc2c(s1)CN(C(=O)C1COC1)CC2. The van der Waals surface area contributed by atoms with E-state index in [2.05, 4.69) is 21.4 Å². The zero-order chi connectivity index (χ0) is 24.5. The van der Waals surface area contributed by atoms with Crippen LogP contribution in [0.3, 0.4) is 0 Å². The molecule has 5 rings (SSSR count). The summed E-state index contributed by atoms with van der Waals surface area (Å²) in [6, 6.07) is 9.01. The number of hydrogen-bond acceptors (Lipinski definition) is 8. The predicted molar refractivity (Wildman–Crippen MR) is 129 cm³/mol. The predicted octanol–water partition coefficient (Wildman–Crippen LogP) is 3.18. The largest absolute Gasteiger partial charge is 0.496 e. The number of thiazole rings is 1. The van der Waals surface area contributed by atoms with E-state index in [0.29, 0.717) is 65.9 Å². The number of carbonyl (C=O) groups is 2. The highest BCUT2D eigenvalue weighted by molar-refractivity contribution is 7.15. The van der Waals surface area contributed by atoms with Crippen LogP contribution in [0.5, 0.6) is 5.75 Å². The number of benzene rings is 1. The van der Waals surface area contributed by atoms with Crippen molar-refractivity contribution in [2.45, 2.75) is 19.9 Å². The maximum atomic E-state index is 13.3. The minimum Gasteiger partial charge on any atom is -0.496 e. The van der Waals surface area contributed by atoms with Gasteiger partial charge in [-0.15, -0.1) is 0 Å². The van der Waals surface area contributed by atoms with Gasteiger partial charge in [-0.3, -0.25) is 19.9 Å². The molecular weight excluding hydrogens is 466 g/mol. The summed E-state index contributed by atoms with van der Waals surface area (Å²) in [4.78, 5) is 37.6. The van der Waals surface area contributed by atoms with Crippen LogP contribution in [0.2, 0.25) is 0 Å². The lowest BCUT2D eigenvalue weighted by atomic mass is 9.97. The molecule has 10 heteroatoms. The summed E-state index contributed by atoms with van der Waals surface area (Å²) in [7, 11) is 1.55. The number of fused-ring (bicyclic) bond motifs is 1. The van der Waals surface area contributed by atoms with Gasteiger partial charge < -0.3 is 14.4 Å². The lowest BCUT2D eigenvalue weighted by Crippen LogP contribution is -2.46. The summed E-state index contributed by atoms with van der Waals surface area (Å²) in [5, 5.41) is 12.7. The molecule has 1 fully saturated rings. The molecule has 178 valence electrons. The number of anilines is 1. The lowest BCUT2D eigenvalue weighted by molar-refractivity contribution is -0.150. The smallest absolute Gasteiger partial charge is 0.259 e.